The van der Waals surface area contributed by atoms with Crippen LogP contribution in [0.1, 0.15) is 39.5 Å². The van der Waals surface area contributed by atoms with Crippen molar-refractivity contribution >= 4 is 28.6 Å². The number of benzene rings is 2. The summed E-state index contributed by atoms with van der Waals surface area (Å²) in [6, 6.07) is 18.7. The number of nitrogens with zero attached hydrogens (tertiary/aromatic N) is 1. The van der Waals surface area contributed by atoms with Crippen LogP contribution in [0, 0.1) is 5.92 Å². The third kappa shape index (κ3) is 5.04. The highest BCUT2D eigenvalue weighted by Crippen LogP contribution is 2.34. The molecule has 0 saturated heterocycles. The Morgan fingerprint density at radius 2 is 1.90 bits per heavy atom. The lowest BCUT2D eigenvalue weighted by atomic mass is 9.86. The largest absolute Gasteiger partial charge is 0.497 e. The van der Waals surface area contributed by atoms with Gasteiger partial charge in [-0.25, -0.2) is 4.98 Å². The number of thioether (sulfide) groups is 1. The van der Waals surface area contributed by atoms with E-state index in [9.17, 15) is 4.79 Å². The molecule has 0 aliphatic heterocycles. The van der Waals surface area contributed by atoms with Crippen molar-refractivity contribution in [2.45, 2.75) is 55.8 Å². The van der Waals surface area contributed by atoms with Gasteiger partial charge in [-0.15, -0.1) is 0 Å². The molecule has 3 atom stereocenters. The summed E-state index contributed by atoms with van der Waals surface area (Å²) in [5.41, 5.74) is 3.12. The SMILES string of the molecule is COc1ccc2c(-c3ccccc3)cc(SC(C)C(=O)NC3CCCCC3C)nc2c1. The molecule has 1 heterocycles. The van der Waals surface area contributed by atoms with E-state index >= 15 is 0 Å². The van der Waals surface area contributed by atoms with Crippen molar-refractivity contribution in [2.75, 3.05) is 7.11 Å². The molecule has 1 aliphatic carbocycles. The maximum Gasteiger partial charge on any atom is 0.233 e. The lowest BCUT2D eigenvalue weighted by Gasteiger charge is -2.30. The van der Waals surface area contributed by atoms with E-state index in [4.69, 9.17) is 9.72 Å². The molecule has 4 rings (SSSR count). The van der Waals surface area contributed by atoms with Crippen molar-refractivity contribution in [3.8, 4) is 16.9 Å². The topological polar surface area (TPSA) is 51.2 Å². The first-order valence-corrected chi connectivity index (χ1v) is 11.9. The number of methoxy groups -OCH3 is 1. The second-order valence-electron chi connectivity index (χ2n) is 8.39. The van der Waals surface area contributed by atoms with Crippen LogP contribution >= 0.6 is 11.8 Å². The molecular formula is C26H30N2O2S. The Kier molecular flexibility index (Phi) is 6.81. The lowest BCUT2D eigenvalue weighted by molar-refractivity contribution is -0.121. The minimum Gasteiger partial charge on any atom is -0.497 e. The van der Waals surface area contributed by atoms with Gasteiger partial charge in [0.15, 0.2) is 0 Å². The number of amides is 1. The lowest BCUT2D eigenvalue weighted by Crippen LogP contribution is -2.44. The zero-order valence-corrected chi connectivity index (χ0v) is 19.2. The molecular weight excluding hydrogens is 404 g/mol. The van der Waals surface area contributed by atoms with Crippen LogP contribution in [0.2, 0.25) is 0 Å². The number of nitrogens with one attached hydrogen (secondary N) is 1. The van der Waals surface area contributed by atoms with Crippen LogP contribution in [-0.2, 0) is 4.79 Å². The molecule has 2 aromatic carbocycles. The smallest absolute Gasteiger partial charge is 0.233 e. The van der Waals surface area contributed by atoms with Crippen LogP contribution in [0.25, 0.3) is 22.0 Å². The molecule has 31 heavy (non-hydrogen) atoms. The summed E-state index contributed by atoms with van der Waals surface area (Å²) in [5, 5.41) is 4.99. The highest BCUT2D eigenvalue weighted by molar-refractivity contribution is 8.00. The number of hydrogen-bond acceptors (Lipinski definition) is 4. The summed E-state index contributed by atoms with van der Waals surface area (Å²) >= 11 is 1.51. The molecule has 0 radical (unpaired) electrons. The quantitative estimate of drug-likeness (QED) is 0.477. The average Bonchev–Trinajstić information content (AvgIpc) is 2.80. The highest BCUT2D eigenvalue weighted by Gasteiger charge is 2.25. The Bertz CT molecular complexity index is 1050. The van der Waals surface area contributed by atoms with Crippen molar-refractivity contribution in [2.24, 2.45) is 5.92 Å². The number of pyridine rings is 1. The number of carbonyl (C=O) groups is 1. The van der Waals surface area contributed by atoms with Gasteiger partial charge in [-0.3, -0.25) is 4.79 Å². The van der Waals surface area contributed by atoms with E-state index in [1.807, 2.05) is 37.3 Å². The Hall–Kier alpha value is -2.53. The third-order valence-corrected chi connectivity index (χ3v) is 7.20. The second kappa shape index (κ2) is 9.73. The van der Waals surface area contributed by atoms with Gasteiger partial charge in [-0.05, 0) is 55.0 Å². The normalized spacial score (nSPS) is 19.7. The van der Waals surface area contributed by atoms with Crippen LogP contribution in [0.4, 0.5) is 0 Å². The zero-order chi connectivity index (χ0) is 21.8. The summed E-state index contributed by atoms with van der Waals surface area (Å²) in [5.74, 6) is 1.42. The molecule has 1 aliphatic rings. The number of fused-ring (bicyclic) bond motifs is 1. The fourth-order valence-electron chi connectivity index (χ4n) is 4.29. The van der Waals surface area contributed by atoms with Gasteiger partial charge >= 0.3 is 0 Å². The number of rotatable bonds is 6. The van der Waals surface area contributed by atoms with E-state index in [0.717, 1.165) is 39.2 Å². The number of carbonyl (C=O) groups excluding carboxylic acids is 1. The first-order valence-electron chi connectivity index (χ1n) is 11.1. The molecule has 4 nitrogen and oxygen atoms in total. The maximum atomic E-state index is 12.9. The van der Waals surface area contributed by atoms with Crippen molar-refractivity contribution in [3.05, 3.63) is 54.6 Å². The van der Waals surface area contributed by atoms with E-state index in [1.165, 1.54) is 31.0 Å². The second-order valence-corrected chi connectivity index (χ2v) is 9.76. The Balaban J connectivity index is 1.61. The molecule has 0 bridgehead atoms. The van der Waals surface area contributed by atoms with Gasteiger partial charge in [0.05, 0.1) is 22.9 Å². The fourth-order valence-corrected chi connectivity index (χ4v) is 5.17. The van der Waals surface area contributed by atoms with Gasteiger partial charge in [0.1, 0.15) is 5.75 Å². The molecule has 1 aromatic heterocycles. The van der Waals surface area contributed by atoms with Crippen LogP contribution < -0.4 is 10.1 Å². The standard InChI is InChI=1S/C26H30N2O2S/c1-17-9-7-8-12-23(17)28-26(29)18(2)31-25-16-22(19-10-5-4-6-11-19)21-14-13-20(30-3)15-24(21)27-25/h4-6,10-11,13-18,23H,7-9,12H2,1-3H3,(H,28,29). The molecule has 3 unspecified atom stereocenters. The number of hydrogen-bond donors (Lipinski definition) is 1. The van der Waals surface area contributed by atoms with Gasteiger partial charge in [-0.1, -0.05) is 61.9 Å². The molecule has 1 amide bonds. The van der Waals surface area contributed by atoms with Crippen molar-refractivity contribution < 1.29 is 9.53 Å². The molecule has 1 N–H and O–H groups in total. The highest BCUT2D eigenvalue weighted by atomic mass is 32.2. The van der Waals surface area contributed by atoms with E-state index in [-0.39, 0.29) is 17.2 Å². The monoisotopic (exact) mass is 434 g/mol. The summed E-state index contributed by atoms with van der Waals surface area (Å²) in [7, 11) is 1.66. The number of aromatic nitrogens is 1. The van der Waals surface area contributed by atoms with Gasteiger partial charge in [0.2, 0.25) is 5.91 Å². The Morgan fingerprint density at radius 1 is 1.13 bits per heavy atom. The predicted molar refractivity (Wildman–Crippen MR) is 129 cm³/mol. The summed E-state index contributed by atoms with van der Waals surface area (Å²) in [6.45, 7) is 4.21. The first-order chi connectivity index (χ1) is 15.0. The molecule has 5 heteroatoms. The van der Waals surface area contributed by atoms with Crippen LogP contribution in [0.3, 0.4) is 0 Å². The molecule has 162 valence electrons. The van der Waals surface area contributed by atoms with Gasteiger partial charge in [-0.2, -0.15) is 0 Å². The van der Waals surface area contributed by atoms with E-state index in [1.54, 1.807) is 7.11 Å². The Morgan fingerprint density at radius 3 is 2.65 bits per heavy atom. The summed E-state index contributed by atoms with van der Waals surface area (Å²) in [6.07, 6.45) is 4.74. The summed E-state index contributed by atoms with van der Waals surface area (Å²) < 4.78 is 5.41. The Labute approximate surface area is 188 Å². The summed E-state index contributed by atoms with van der Waals surface area (Å²) in [4.78, 5) is 17.8. The van der Waals surface area contributed by atoms with Gasteiger partial charge < -0.3 is 10.1 Å². The van der Waals surface area contributed by atoms with E-state index in [0.29, 0.717) is 5.92 Å². The third-order valence-electron chi connectivity index (χ3n) is 6.18. The number of ether oxygens (including phenoxy) is 1. The molecule has 1 saturated carbocycles. The average molecular weight is 435 g/mol. The van der Waals surface area contributed by atoms with Crippen molar-refractivity contribution in [1.82, 2.24) is 10.3 Å². The van der Waals surface area contributed by atoms with Gasteiger partial charge in [0, 0.05) is 17.5 Å². The van der Waals surface area contributed by atoms with Crippen LogP contribution in [-0.4, -0.2) is 29.3 Å². The van der Waals surface area contributed by atoms with Crippen molar-refractivity contribution in [3.63, 3.8) is 0 Å². The maximum absolute atomic E-state index is 12.9. The molecule has 0 spiro atoms. The van der Waals surface area contributed by atoms with Crippen LogP contribution in [0.15, 0.2) is 59.6 Å². The minimum absolute atomic E-state index is 0.0950. The fraction of sp³-hybridized carbons (Fsp3) is 0.385. The predicted octanol–water partition coefficient (Wildman–Crippen LogP) is 6.09. The minimum atomic E-state index is -0.215. The molecule has 3 aromatic rings. The molecule has 1 fully saturated rings. The van der Waals surface area contributed by atoms with Crippen molar-refractivity contribution in [1.29, 1.82) is 0 Å². The van der Waals surface area contributed by atoms with E-state index < -0.39 is 0 Å². The zero-order valence-electron chi connectivity index (χ0n) is 18.4. The van der Waals surface area contributed by atoms with Gasteiger partial charge in [0.25, 0.3) is 0 Å². The first kappa shape index (κ1) is 21.7. The van der Waals surface area contributed by atoms with E-state index in [2.05, 4.69) is 36.5 Å². The van der Waals surface area contributed by atoms with Crippen LogP contribution in [0.5, 0.6) is 5.75 Å².